The first-order valence-corrected chi connectivity index (χ1v) is 11.3. The number of carbonyl (C=O) groups excluding carboxylic acids is 1. The maximum atomic E-state index is 12.9. The number of nitrogens with one attached hydrogen (secondary N) is 2. The lowest BCUT2D eigenvalue weighted by molar-refractivity contribution is 0.102. The summed E-state index contributed by atoms with van der Waals surface area (Å²) < 4.78 is 28.4. The van der Waals surface area contributed by atoms with Crippen LogP contribution in [0.1, 0.15) is 27.0 Å². The smallest absolute Gasteiger partial charge is 0.263 e. The molecule has 0 heterocycles. The average Bonchev–Trinajstić information content (AvgIpc) is 2.66. The number of hydrogen-bond acceptors (Lipinski definition) is 3. The predicted octanol–water partition coefficient (Wildman–Crippen LogP) is 5.97. The van der Waals surface area contributed by atoms with E-state index in [-0.39, 0.29) is 15.5 Å². The van der Waals surface area contributed by atoms with Crippen LogP contribution in [-0.4, -0.2) is 14.3 Å². The van der Waals surface area contributed by atoms with Crippen molar-refractivity contribution in [3.8, 4) is 0 Å². The maximum absolute atomic E-state index is 12.9. The molecule has 0 bridgehead atoms. The van der Waals surface area contributed by atoms with Crippen LogP contribution in [0.15, 0.2) is 59.5 Å². The van der Waals surface area contributed by atoms with Gasteiger partial charge in [0.05, 0.1) is 10.7 Å². The lowest BCUT2D eigenvalue weighted by atomic mass is 10.1. The monoisotopic (exact) mass is 462 g/mol. The molecule has 0 spiro atoms. The topological polar surface area (TPSA) is 75.3 Å². The number of halogens is 2. The van der Waals surface area contributed by atoms with Gasteiger partial charge < -0.3 is 5.32 Å². The first kappa shape index (κ1) is 22.2. The summed E-state index contributed by atoms with van der Waals surface area (Å²) in [7, 11) is -4.00. The fraction of sp³-hybridized carbons (Fsp3) is 0.136. The predicted molar refractivity (Wildman–Crippen MR) is 122 cm³/mol. The molecular weight excluding hydrogens is 443 g/mol. The SMILES string of the molecule is Cc1ccc(NS(=O)(=O)c2cc(C(=O)Nc3ccc(Cl)cc3C)ccc2Cl)c(C)c1. The summed E-state index contributed by atoms with van der Waals surface area (Å²) in [5, 5.41) is 3.34. The van der Waals surface area contributed by atoms with Crippen LogP contribution in [0.5, 0.6) is 0 Å². The standard InChI is InChI=1S/C22H20Cl2N2O3S/c1-13-4-8-20(14(2)10-13)26-30(28,29)21-12-16(5-7-18(21)24)22(27)25-19-9-6-17(23)11-15(19)3/h4-12,26H,1-3H3,(H,25,27). The van der Waals surface area contributed by atoms with Crippen LogP contribution in [0.3, 0.4) is 0 Å². The largest absolute Gasteiger partial charge is 0.322 e. The number of benzene rings is 3. The Morgan fingerprint density at radius 3 is 2.17 bits per heavy atom. The lowest BCUT2D eigenvalue weighted by Gasteiger charge is -2.14. The molecule has 0 aliphatic heterocycles. The Bertz CT molecular complexity index is 1240. The Balaban J connectivity index is 1.91. The van der Waals surface area contributed by atoms with E-state index in [2.05, 4.69) is 10.0 Å². The van der Waals surface area contributed by atoms with Gasteiger partial charge >= 0.3 is 0 Å². The van der Waals surface area contributed by atoms with Gasteiger partial charge in [-0.3, -0.25) is 9.52 Å². The molecule has 3 rings (SSSR count). The van der Waals surface area contributed by atoms with Crippen LogP contribution in [0.2, 0.25) is 10.0 Å². The van der Waals surface area contributed by atoms with Crippen LogP contribution in [0.25, 0.3) is 0 Å². The summed E-state index contributed by atoms with van der Waals surface area (Å²) in [5.41, 5.74) is 3.77. The normalized spacial score (nSPS) is 11.2. The summed E-state index contributed by atoms with van der Waals surface area (Å²) in [5.74, 6) is -0.458. The van der Waals surface area contributed by atoms with E-state index in [4.69, 9.17) is 23.2 Å². The highest BCUT2D eigenvalue weighted by Gasteiger charge is 2.21. The second-order valence-corrected chi connectivity index (χ2v) is 9.48. The van der Waals surface area contributed by atoms with Crippen molar-refractivity contribution in [2.24, 2.45) is 0 Å². The minimum Gasteiger partial charge on any atom is -0.322 e. The van der Waals surface area contributed by atoms with E-state index in [0.717, 1.165) is 16.7 Å². The molecule has 0 unspecified atom stereocenters. The molecule has 0 aliphatic carbocycles. The summed E-state index contributed by atoms with van der Waals surface area (Å²) in [6.45, 7) is 5.55. The Morgan fingerprint density at radius 2 is 1.50 bits per heavy atom. The number of rotatable bonds is 5. The van der Waals surface area contributed by atoms with Gasteiger partial charge in [0.15, 0.2) is 0 Å². The van der Waals surface area contributed by atoms with Crippen molar-refractivity contribution >= 4 is 50.5 Å². The molecule has 2 N–H and O–H groups in total. The summed E-state index contributed by atoms with van der Waals surface area (Å²) in [6.07, 6.45) is 0. The van der Waals surface area contributed by atoms with E-state index >= 15 is 0 Å². The van der Waals surface area contributed by atoms with Crippen LogP contribution >= 0.6 is 23.2 Å². The molecule has 30 heavy (non-hydrogen) atoms. The van der Waals surface area contributed by atoms with Crippen LogP contribution < -0.4 is 10.0 Å². The van der Waals surface area contributed by atoms with Gasteiger partial charge in [0.25, 0.3) is 15.9 Å². The van der Waals surface area contributed by atoms with Crippen LogP contribution in [0.4, 0.5) is 11.4 Å². The third-order valence-electron chi connectivity index (χ3n) is 4.55. The zero-order chi connectivity index (χ0) is 22.1. The zero-order valence-corrected chi connectivity index (χ0v) is 18.9. The number of anilines is 2. The molecule has 8 heteroatoms. The third-order valence-corrected chi connectivity index (χ3v) is 6.63. The highest BCUT2D eigenvalue weighted by Crippen LogP contribution is 2.27. The third kappa shape index (κ3) is 4.95. The first-order chi connectivity index (χ1) is 14.1. The minimum atomic E-state index is -4.00. The molecule has 0 radical (unpaired) electrons. The fourth-order valence-electron chi connectivity index (χ4n) is 2.94. The number of amides is 1. The fourth-order valence-corrected chi connectivity index (χ4v) is 4.82. The molecule has 0 aromatic heterocycles. The second-order valence-electron chi connectivity index (χ2n) is 6.98. The highest BCUT2D eigenvalue weighted by atomic mass is 35.5. The van der Waals surface area contributed by atoms with Crippen molar-refractivity contribution in [3.63, 3.8) is 0 Å². The highest BCUT2D eigenvalue weighted by molar-refractivity contribution is 7.92. The summed E-state index contributed by atoms with van der Waals surface area (Å²) >= 11 is 12.1. The molecule has 0 fully saturated rings. The van der Waals surface area contributed by atoms with Gasteiger partial charge in [0, 0.05) is 16.3 Å². The molecule has 0 atom stereocenters. The molecular formula is C22H20Cl2N2O3S. The van der Waals surface area contributed by atoms with Crippen molar-refractivity contribution in [2.75, 3.05) is 10.0 Å². The Labute approximate surface area is 186 Å². The number of aryl methyl sites for hydroxylation is 3. The average molecular weight is 463 g/mol. The maximum Gasteiger partial charge on any atom is 0.263 e. The Kier molecular flexibility index (Phi) is 6.41. The second kappa shape index (κ2) is 8.68. The number of carbonyl (C=O) groups is 1. The lowest BCUT2D eigenvalue weighted by Crippen LogP contribution is -2.17. The van der Waals surface area contributed by atoms with E-state index in [1.54, 1.807) is 24.3 Å². The van der Waals surface area contributed by atoms with Gasteiger partial charge in [0.2, 0.25) is 0 Å². The molecule has 156 valence electrons. The quantitative estimate of drug-likeness (QED) is 0.490. The molecule has 3 aromatic carbocycles. The Hall–Kier alpha value is -2.54. The number of sulfonamides is 1. The van der Waals surface area contributed by atoms with Crippen LogP contribution in [0, 0.1) is 20.8 Å². The van der Waals surface area contributed by atoms with Crippen molar-refractivity contribution in [3.05, 3.63) is 86.9 Å². The molecule has 0 saturated carbocycles. The van der Waals surface area contributed by atoms with Crippen LogP contribution in [-0.2, 0) is 10.0 Å². The number of hydrogen-bond donors (Lipinski definition) is 2. The van der Waals surface area contributed by atoms with Crippen molar-refractivity contribution in [1.82, 2.24) is 0 Å². The summed E-state index contributed by atoms with van der Waals surface area (Å²) in [4.78, 5) is 12.5. The summed E-state index contributed by atoms with van der Waals surface area (Å²) in [6, 6.07) is 14.6. The van der Waals surface area contributed by atoms with E-state index in [1.165, 1.54) is 18.2 Å². The van der Waals surface area contributed by atoms with E-state index in [1.807, 2.05) is 32.9 Å². The Morgan fingerprint density at radius 1 is 0.833 bits per heavy atom. The molecule has 5 nitrogen and oxygen atoms in total. The van der Waals surface area contributed by atoms with Gasteiger partial charge in [-0.25, -0.2) is 8.42 Å². The van der Waals surface area contributed by atoms with E-state index in [9.17, 15) is 13.2 Å². The molecule has 3 aromatic rings. The first-order valence-electron chi connectivity index (χ1n) is 9.04. The van der Waals surface area contributed by atoms with E-state index < -0.39 is 15.9 Å². The van der Waals surface area contributed by atoms with Gasteiger partial charge in [0.1, 0.15) is 4.90 Å². The van der Waals surface area contributed by atoms with Crippen molar-refractivity contribution < 1.29 is 13.2 Å². The van der Waals surface area contributed by atoms with Crippen molar-refractivity contribution in [2.45, 2.75) is 25.7 Å². The minimum absolute atomic E-state index is 0.0199. The molecule has 0 aliphatic rings. The van der Waals surface area contributed by atoms with Gasteiger partial charge in [-0.05, 0) is 74.4 Å². The van der Waals surface area contributed by atoms with Gasteiger partial charge in [-0.1, -0.05) is 40.9 Å². The van der Waals surface area contributed by atoms with Gasteiger partial charge in [-0.15, -0.1) is 0 Å². The molecule has 0 saturated heterocycles. The zero-order valence-electron chi connectivity index (χ0n) is 16.6. The van der Waals surface area contributed by atoms with E-state index in [0.29, 0.717) is 16.4 Å². The van der Waals surface area contributed by atoms with Crippen molar-refractivity contribution in [1.29, 1.82) is 0 Å². The van der Waals surface area contributed by atoms with Gasteiger partial charge in [-0.2, -0.15) is 0 Å². The molecule has 1 amide bonds.